The normalized spacial score (nSPS) is 42.2. The maximum atomic E-state index is 12.1. The van der Waals surface area contributed by atoms with Crippen molar-refractivity contribution >= 4 is 5.91 Å². The highest BCUT2D eigenvalue weighted by atomic mass is 16.2. The summed E-state index contributed by atoms with van der Waals surface area (Å²) in [5, 5.41) is 6.58. The largest absolute Gasteiger partial charge is 0.352 e. The second-order valence-corrected chi connectivity index (χ2v) is 5.69. The van der Waals surface area contributed by atoms with E-state index < -0.39 is 0 Å². The molecule has 3 rings (SSSR count). The van der Waals surface area contributed by atoms with Crippen molar-refractivity contribution in [3.8, 4) is 0 Å². The summed E-state index contributed by atoms with van der Waals surface area (Å²) < 4.78 is 0. The molecule has 3 heteroatoms. The molecule has 0 aromatic rings. The van der Waals surface area contributed by atoms with Gasteiger partial charge < -0.3 is 10.6 Å². The van der Waals surface area contributed by atoms with E-state index in [0.29, 0.717) is 17.9 Å². The minimum Gasteiger partial charge on any atom is -0.352 e. The highest BCUT2D eigenvalue weighted by Gasteiger charge is 2.54. The van der Waals surface area contributed by atoms with Crippen molar-refractivity contribution in [2.75, 3.05) is 13.1 Å². The van der Waals surface area contributed by atoms with Gasteiger partial charge in [-0.3, -0.25) is 4.79 Å². The zero-order chi connectivity index (χ0) is 11.0. The van der Waals surface area contributed by atoms with E-state index in [0.717, 1.165) is 31.3 Å². The van der Waals surface area contributed by atoms with Gasteiger partial charge in [0.25, 0.3) is 0 Å². The molecule has 2 N–H and O–H groups in total. The topological polar surface area (TPSA) is 41.1 Å². The molecular weight excluding hydrogens is 200 g/mol. The Bertz CT molecular complexity index is 261. The molecule has 1 heterocycles. The van der Waals surface area contributed by atoms with Crippen LogP contribution in [0.25, 0.3) is 0 Å². The Kier molecular flexibility index (Phi) is 2.88. The second-order valence-electron chi connectivity index (χ2n) is 5.69. The van der Waals surface area contributed by atoms with Crippen molar-refractivity contribution in [3.05, 3.63) is 0 Å². The van der Waals surface area contributed by atoms with Gasteiger partial charge in [0.1, 0.15) is 0 Å². The lowest BCUT2D eigenvalue weighted by molar-refractivity contribution is -0.123. The van der Waals surface area contributed by atoms with Crippen LogP contribution in [0.3, 0.4) is 0 Å². The van der Waals surface area contributed by atoms with Crippen molar-refractivity contribution < 1.29 is 4.79 Å². The number of carbonyl (C=O) groups is 1. The molecule has 2 saturated carbocycles. The summed E-state index contributed by atoms with van der Waals surface area (Å²) in [7, 11) is 0. The van der Waals surface area contributed by atoms with E-state index >= 15 is 0 Å². The number of carbonyl (C=O) groups excluding carboxylic acids is 1. The summed E-state index contributed by atoms with van der Waals surface area (Å²) in [4.78, 5) is 12.1. The van der Waals surface area contributed by atoms with E-state index in [2.05, 4.69) is 10.6 Å². The fourth-order valence-electron chi connectivity index (χ4n) is 3.65. The Morgan fingerprint density at radius 1 is 1.06 bits per heavy atom. The smallest absolute Gasteiger partial charge is 0.223 e. The van der Waals surface area contributed by atoms with E-state index in [-0.39, 0.29) is 0 Å². The molecule has 1 amide bonds. The Balaban J connectivity index is 1.50. The maximum Gasteiger partial charge on any atom is 0.223 e. The van der Waals surface area contributed by atoms with Gasteiger partial charge in [0, 0.05) is 18.5 Å². The first-order chi connectivity index (χ1) is 7.86. The van der Waals surface area contributed by atoms with Crippen molar-refractivity contribution in [3.63, 3.8) is 0 Å². The molecule has 1 saturated heterocycles. The number of fused-ring (bicyclic) bond motifs is 1. The third kappa shape index (κ3) is 1.97. The molecule has 90 valence electrons. The van der Waals surface area contributed by atoms with Gasteiger partial charge >= 0.3 is 0 Å². The van der Waals surface area contributed by atoms with E-state index in [1.807, 2.05) is 0 Å². The number of amides is 1. The second kappa shape index (κ2) is 4.36. The van der Waals surface area contributed by atoms with Gasteiger partial charge in [-0.05, 0) is 44.1 Å². The van der Waals surface area contributed by atoms with Crippen LogP contribution in [0.15, 0.2) is 0 Å². The van der Waals surface area contributed by atoms with Gasteiger partial charge in [0.15, 0.2) is 0 Å². The zero-order valence-corrected chi connectivity index (χ0v) is 9.87. The lowest BCUT2D eigenvalue weighted by atomic mass is 10.0. The van der Waals surface area contributed by atoms with Crippen LogP contribution < -0.4 is 10.6 Å². The van der Waals surface area contributed by atoms with E-state index in [1.165, 1.54) is 32.1 Å². The summed E-state index contributed by atoms with van der Waals surface area (Å²) in [6.07, 6.45) is 7.63. The van der Waals surface area contributed by atoms with Crippen LogP contribution >= 0.6 is 0 Å². The fraction of sp³-hybridized carbons (Fsp3) is 0.923. The highest BCUT2D eigenvalue weighted by Crippen LogP contribution is 2.55. The quantitative estimate of drug-likeness (QED) is 0.739. The molecule has 2 unspecified atom stereocenters. The molecule has 3 atom stereocenters. The summed E-state index contributed by atoms with van der Waals surface area (Å²) in [6, 6.07) is 0.393. The lowest BCUT2D eigenvalue weighted by Gasteiger charge is -2.23. The van der Waals surface area contributed by atoms with Crippen molar-refractivity contribution in [2.45, 2.75) is 44.6 Å². The fourth-order valence-corrected chi connectivity index (χ4v) is 3.65. The number of rotatable bonds is 2. The predicted octanol–water partition coefficient (Wildman–Crippen LogP) is 1.29. The molecule has 0 bridgehead atoms. The molecule has 16 heavy (non-hydrogen) atoms. The SMILES string of the molecule is O=C(N[C@H]1CCCNC1)C1C2CCCCC21. The molecule has 0 spiro atoms. The summed E-state index contributed by atoms with van der Waals surface area (Å²) >= 11 is 0. The summed E-state index contributed by atoms with van der Waals surface area (Å²) in [6.45, 7) is 2.08. The molecule has 0 aromatic carbocycles. The van der Waals surface area contributed by atoms with E-state index in [1.54, 1.807) is 0 Å². The van der Waals surface area contributed by atoms with E-state index in [4.69, 9.17) is 0 Å². The third-order valence-corrected chi connectivity index (χ3v) is 4.60. The number of nitrogens with one attached hydrogen (secondary N) is 2. The molecule has 3 aliphatic rings. The molecule has 0 radical (unpaired) electrons. The minimum atomic E-state index is 0.352. The van der Waals surface area contributed by atoms with Crippen LogP contribution in [0, 0.1) is 17.8 Å². The van der Waals surface area contributed by atoms with Crippen LogP contribution in [-0.2, 0) is 4.79 Å². The Hall–Kier alpha value is -0.570. The van der Waals surface area contributed by atoms with Crippen molar-refractivity contribution in [2.24, 2.45) is 17.8 Å². The molecular formula is C13H22N2O. The van der Waals surface area contributed by atoms with Gasteiger partial charge in [-0.15, -0.1) is 0 Å². The van der Waals surface area contributed by atoms with Gasteiger partial charge in [-0.1, -0.05) is 12.8 Å². The summed E-state index contributed by atoms with van der Waals surface area (Å²) in [5.41, 5.74) is 0. The highest BCUT2D eigenvalue weighted by molar-refractivity contribution is 5.82. The van der Waals surface area contributed by atoms with E-state index in [9.17, 15) is 4.79 Å². The molecule has 2 aliphatic carbocycles. The van der Waals surface area contributed by atoms with Crippen LogP contribution in [0.1, 0.15) is 38.5 Å². The Labute approximate surface area is 97.4 Å². The predicted molar refractivity (Wildman–Crippen MR) is 63.0 cm³/mol. The van der Waals surface area contributed by atoms with Gasteiger partial charge in [0.05, 0.1) is 0 Å². The molecule has 0 aromatic heterocycles. The van der Waals surface area contributed by atoms with Crippen molar-refractivity contribution in [1.29, 1.82) is 0 Å². The van der Waals surface area contributed by atoms with Crippen LogP contribution in [0.2, 0.25) is 0 Å². The first kappa shape index (κ1) is 10.6. The number of hydrogen-bond acceptors (Lipinski definition) is 2. The first-order valence-corrected chi connectivity index (χ1v) is 6.87. The van der Waals surface area contributed by atoms with Crippen LogP contribution in [0.5, 0.6) is 0 Å². The zero-order valence-electron chi connectivity index (χ0n) is 9.87. The summed E-state index contributed by atoms with van der Waals surface area (Å²) in [5.74, 6) is 2.21. The molecule has 1 aliphatic heterocycles. The average Bonchev–Trinajstić information content (AvgIpc) is 3.04. The monoisotopic (exact) mass is 222 g/mol. The van der Waals surface area contributed by atoms with Crippen LogP contribution in [-0.4, -0.2) is 25.0 Å². The maximum absolute atomic E-state index is 12.1. The minimum absolute atomic E-state index is 0.352. The standard InChI is InChI=1S/C13H22N2O/c16-13(15-9-4-3-7-14-8-9)12-10-5-1-2-6-11(10)12/h9-12,14H,1-8H2,(H,15,16)/t9-,10?,11?,12?/m0/s1. The number of piperidine rings is 1. The Morgan fingerprint density at radius 2 is 1.81 bits per heavy atom. The van der Waals surface area contributed by atoms with Crippen molar-refractivity contribution in [1.82, 2.24) is 10.6 Å². The van der Waals surface area contributed by atoms with Gasteiger partial charge in [-0.2, -0.15) is 0 Å². The lowest BCUT2D eigenvalue weighted by Crippen LogP contribution is -2.46. The molecule has 3 fully saturated rings. The number of hydrogen-bond donors (Lipinski definition) is 2. The third-order valence-electron chi connectivity index (χ3n) is 4.60. The Morgan fingerprint density at radius 3 is 2.44 bits per heavy atom. The van der Waals surface area contributed by atoms with Gasteiger partial charge in [-0.25, -0.2) is 0 Å². The average molecular weight is 222 g/mol. The van der Waals surface area contributed by atoms with Crippen LogP contribution in [0.4, 0.5) is 0 Å². The molecule has 3 nitrogen and oxygen atoms in total. The first-order valence-electron chi connectivity index (χ1n) is 6.87. The van der Waals surface area contributed by atoms with Gasteiger partial charge in [0.2, 0.25) is 5.91 Å².